The molecule has 126 valence electrons. The SMILES string of the molecule is CC(=O)N1CCc2nc(N3CCNCC3)c(NC(C)C)nc2C1. The summed E-state index contributed by atoms with van der Waals surface area (Å²) in [7, 11) is 0. The summed E-state index contributed by atoms with van der Waals surface area (Å²) in [6, 6.07) is 0.288. The Morgan fingerprint density at radius 3 is 2.57 bits per heavy atom. The molecule has 1 amide bonds. The molecule has 0 saturated carbocycles. The number of carbonyl (C=O) groups excluding carboxylic acids is 1. The first-order chi connectivity index (χ1) is 11.0. The molecule has 1 aromatic heterocycles. The molecule has 0 spiro atoms. The van der Waals surface area contributed by atoms with Crippen LogP contribution in [0.4, 0.5) is 11.6 Å². The number of amides is 1. The van der Waals surface area contributed by atoms with Gasteiger partial charge in [-0.2, -0.15) is 0 Å². The highest BCUT2D eigenvalue weighted by Crippen LogP contribution is 2.27. The number of piperazine rings is 1. The fourth-order valence-electron chi connectivity index (χ4n) is 3.06. The molecule has 1 aromatic rings. The van der Waals surface area contributed by atoms with Crippen LogP contribution in [0.15, 0.2) is 0 Å². The molecule has 0 atom stereocenters. The normalized spacial score (nSPS) is 18.1. The van der Waals surface area contributed by atoms with E-state index in [1.807, 2.05) is 4.90 Å². The zero-order valence-electron chi connectivity index (χ0n) is 14.2. The average Bonchev–Trinajstić information content (AvgIpc) is 2.54. The highest BCUT2D eigenvalue weighted by molar-refractivity contribution is 5.73. The summed E-state index contributed by atoms with van der Waals surface area (Å²) < 4.78 is 0. The van der Waals surface area contributed by atoms with Crippen LogP contribution in [0.25, 0.3) is 0 Å². The van der Waals surface area contributed by atoms with Gasteiger partial charge in [0.2, 0.25) is 5.91 Å². The summed E-state index contributed by atoms with van der Waals surface area (Å²) in [5.41, 5.74) is 1.96. The van der Waals surface area contributed by atoms with Gasteiger partial charge in [-0.3, -0.25) is 4.79 Å². The van der Waals surface area contributed by atoms with Gasteiger partial charge in [-0.1, -0.05) is 0 Å². The number of nitrogens with one attached hydrogen (secondary N) is 2. The van der Waals surface area contributed by atoms with Gasteiger partial charge in [0.25, 0.3) is 0 Å². The molecule has 2 N–H and O–H groups in total. The van der Waals surface area contributed by atoms with Crippen LogP contribution < -0.4 is 15.5 Å². The number of aromatic nitrogens is 2. The molecule has 7 nitrogen and oxygen atoms in total. The molecule has 1 saturated heterocycles. The molecule has 3 rings (SSSR count). The van der Waals surface area contributed by atoms with Crippen LogP contribution in [-0.4, -0.2) is 59.5 Å². The Hall–Kier alpha value is -1.89. The first kappa shape index (κ1) is 16.0. The van der Waals surface area contributed by atoms with Crippen molar-refractivity contribution >= 4 is 17.5 Å². The van der Waals surface area contributed by atoms with E-state index in [1.54, 1.807) is 6.92 Å². The number of nitrogens with zero attached hydrogens (tertiary/aromatic N) is 4. The minimum absolute atomic E-state index is 0.0991. The lowest BCUT2D eigenvalue weighted by Gasteiger charge is -2.33. The van der Waals surface area contributed by atoms with Gasteiger partial charge in [-0.15, -0.1) is 0 Å². The Kier molecular flexibility index (Phi) is 4.66. The molecule has 7 heteroatoms. The number of rotatable bonds is 3. The molecule has 0 aliphatic carbocycles. The number of carbonyl (C=O) groups is 1. The van der Waals surface area contributed by atoms with Crippen LogP contribution >= 0.6 is 0 Å². The Bertz CT molecular complexity index is 582. The van der Waals surface area contributed by atoms with Crippen molar-refractivity contribution in [3.8, 4) is 0 Å². The van der Waals surface area contributed by atoms with E-state index < -0.39 is 0 Å². The van der Waals surface area contributed by atoms with Gasteiger partial charge in [0.1, 0.15) is 0 Å². The van der Waals surface area contributed by atoms with Crippen molar-refractivity contribution in [3.05, 3.63) is 11.4 Å². The number of fused-ring (bicyclic) bond motifs is 1. The van der Waals surface area contributed by atoms with E-state index in [9.17, 15) is 4.79 Å². The first-order valence-electron chi connectivity index (χ1n) is 8.42. The maximum atomic E-state index is 11.6. The maximum Gasteiger partial charge on any atom is 0.219 e. The van der Waals surface area contributed by atoms with E-state index in [0.29, 0.717) is 6.54 Å². The summed E-state index contributed by atoms with van der Waals surface area (Å²) in [5.74, 6) is 1.89. The fourth-order valence-corrected chi connectivity index (χ4v) is 3.06. The Labute approximate surface area is 137 Å². The van der Waals surface area contributed by atoms with Crippen molar-refractivity contribution in [1.29, 1.82) is 0 Å². The quantitative estimate of drug-likeness (QED) is 0.851. The van der Waals surface area contributed by atoms with E-state index in [2.05, 4.69) is 29.4 Å². The molecule has 1 fully saturated rings. The van der Waals surface area contributed by atoms with Crippen molar-refractivity contribution in [2.75, 3.05) is 42.9 Å². The topological polar surface area (TPSA) is 73.4 Å². The molecule has 0 radical (unpaired) electrons. The van der Waals surface area contributed by atoms with Gasteiger partial charge in [-0.25, -0.2) is 9.97 Å². The van der Waals surface area contributed by atoms with Crippen molar-refractivity contribution in [2.45, 2.75) is 39.8 Å². The van der Waals surface area contributed by atoms with Crippen molar-refractivity contribution in [3.63, 3.8) is 0 Å². The van der Waals surface area contributed by atoms with E-state index in [1.165, 1.54) is 0 Å². The Morgan fingerprint density at radius 2 is 1.91 bits per heavy atom. The lowest BCUT2D eigenvalue weighted by atomic mass is 10.1. The van der Waals surface area contributed by atoms with Crippen LogP contribution in [0.5, 0.6) is 0 Å². The third-order valence-corrected chi connectivity index (χ3v) is 4.28. The van der Waals surface area contributed by atoms with E-state index in [4.69, 9.17) is 9.97 Å². The molecule has 2 aliphatic heterocycles. The van der Waals surface area contributed by atoms with Gasteiger partial charge < -0.3 is 20.4 Å². The van der Waals surface area contributed by atoms with Gasteiger partial charge in [0.05, 0.1) is 17.9 Å². The Balaban J connectivity index is 1.94. The van der Waals surface area contributed by atoms with Gasteiger partial charge in [-0.05, 0) is 13.8 Å². The second kappa shape index (κ2) is 6.70. The molecule has 0 bridgehead atoms. The summed E-state index contributed by atoms with van der Waals surface area (Å²) in [5, 5.41) is 6.80. The predicted molar refractivity (Wildman–Crippen MR) is 90.7 cm³/mol. The predicted octanol–water partition coefficient (Wildman–Crippen LogP) is 0.611. The smallest absolute Gasteiger partial charge is 0.219 e. The van der Waals surface area contributed by atoms with Crippen LogP contribution in [0, 0.1) is 0 Å². The highest BCUT2D eigenvalue weighted by atomic mass is 16.2. The van der Waals surface area contributed by atoms with Gasteiger partial charge in [0.15, 0.2) is 11.6 Å². The summed E-state index contributed by atoms with van der Waals surface area (Å²) in [6.45, 7) is 10.9. The average molecular weight is 318 g/mol. The number of hydrogen-bond donors (Lipinski definition) is 2. The zero-order valence-corrected chi connectivity index (χ0v) is 14.2. The molecule has 3 heterocycles. The second-order valence-corrected chi connectivity index (χ2v) is 6.52. The summed E-state index contributed by atoms with van der Waals surface area (Å²) in [6.07, 6.45) is 0.781. The first-order valence-corrected chi connectivity index (χ1v) is 8.42. The fraction of sp³-hybridized carbons (Fsp3) is 0.688. The minimum Gasteiger partial charge on any atom is -0.365 e. The zero-order chi connectivity index (χ0) is 16.4. The Morgan fingerprint density at radius 1 is 1.17 bits per heavy atom. The number of anilines is 2. The summed E-state index contributed by atoms with van der Waals surface area (Å²) in [4.78, 5) is 25.5. The van der Waals surface area contributed by atoms with Crippen LogP contribution in [-0.2, 0) is 17.8 Å². The van der Waals surface area contributed by atoms with Crippen molar-refractivity contribution < 1.29 is 4.79 Å². The van der Waals surface area contributed by atoms with Crippen LogP contribution in [0.2, 0.25) is 0 Å². The molecule has 0 unspecified atom stereocenters. The van der Waals surface area contributed by atoms with Gasteiger partial charge in [0, 0.05) is 52.1 Å². The number of hydrogen-bond acceptors (Lipinski definition) is 6. The minimum atomic E-state index is 0.0991. The molecule has 2 aliphatic rings. The van der Waals surface area contributed by atoms with E-state index in [0.717, 1.165) is 62.2 Å². The molecule has 0 aromatic carbocycles. The van der Waals surface area contributed by atoms with E-state index >= 15 is 0 Å². The monoisotopic (exact) mass is 318 g/mol. The van der Waals surface area contributed by atoms with Gasteiger partial charge >= 0.3 is 0 Å². The highest BCUT2D eigenvalue weighted by Gasteiger charge is 2.25. The molecule has 23 heavy (non-hydrogen) atoms. The standard InChI is InChI=1S/C16H26N6O/c1-11(2)18-15-16(21-8-5-17-6-9-21)20-13-4-7-22(12(3)23)10-14(13)19-15/h11,17H,4-10H2,1-3H3,(H,18,19). The van der Waals surface area contributed by atoms with E-state index in [-0.39, 0.29) is 11.9 Å². The summed E-state index contributed by atoms with van der Waals surface area (Å²) >= 11 is 0. The van der Waals surface area contributed by atoms with Crippen molar-refractivity contribution in [1.82, 2.24) is 20.2 Å². The third-order valence-electron chi connectivity index (χ3n) is 4.28. The maximum absolute atomic E-state index is 11.6. The molecular weight excluding hydrogens is 292 g/mol. The molecular formula is C16H26N6O. The second-order valence-electron chi connectivity index (χ2n) is 6.52. The lowest BCUT2D eigenvalue weighted by molar-refractivity contribution is -0.129. The third kappa shape index (κ3) is 3.55. The lowest BCUT2D eigenvalue weighted by Crippen LogP contribution is -2.44. The van der Waals surface area contributed by atoms with Crippen LogP contribution in [0.1, 0.15) is 32.2 Å². The van der Waals surface area contributed by atoms with Crippen molar-refractivity contribution in [2.24, 2.45) is 0 Å². The van der Waals surface area contributed by atoms with Crippen LogP contribution in [0.3, 0.4) is 0 Å². The largest absolute Gasteiger partial charge is 0.365 e.